The number of rotatable bonds is 4. The normalized spacial score (nSPS) is 22.6. The van der Waals surface area contributed by atoms with Crippen LogP contribution in [-0.4, -0.2) is 73.3 Å². The first-order chi connectivity index (χ1) is 12.2. The van der Waals surface area contributed by atoms with Gasteiger partial charge in [-0.2, -0.15) is 0 Å². The number of aromatic nitrogens is 1. The fourth-order valence-corrected chi connectivity index (χ4v) is 3.71. The van der Waals surface area contributed by atoms with Gasteiger partial charge in [-0.25, -0.2) is 9.78 Å². The second-order valence-corrected chi connectivity index (χ2v) is 6.65. The van der Waals surface area contributed by atoms with E-state index in [1.807, 2.05) is 4.90 Å². The summed E-state index contributed by atoms with van der Waals surface area (Å²) in [6.45, 7) is 7.76. The van der Waals surface area contributed by atoms with Crippen LogP contribution < -0.4 is 14.8 Å². The number of methoxy groups -OCH3 is 1. The number of carbonyl (C=O) groups excluding carboxylic acids is 1. The predicted octanol–water partition coefficient (Wildman–Crippen LogP) is 1.59. The Morgan fingerprint density at radius 3 is 2.76 bits per heavy atom. The molecule has 3 heterocycles. The van der Waals surface area contributed by atoms with Crippen LogP contribution in [-0.2, 0) is 0 Å². The number of piperazine rings is 1. The fraction of sp³-hybridized carbons (Fsp3) is 0.667. The smallest absolute Gasteiger partial charge is 0.416 e. The Bertz CT molecular complexity index is 560. The maximum absolute atomic E-state index is 12.8. The largest absolute Gasteiger partial charge is 0.495 e. The van der Waals surface area contributed by atoms with Crippen LogP contribution in [0.1, 0.15) is 19.8 Å². The molecule has 2 saturated heterocycles. The van der Waals surface area contributed by atoms with E-state index in [9.17, 15) is 4.79 Å². The van der Waals surface area contributed by atoms with Crippen molar-refractivity contribution in [3.05, 3.63) is 18.3 Å². The van der Waals surface area contributed by atoms with Crippen molar-refractivity contribution in [3.8, 4) is 11.6 Å². The van der Waals surface area contributed by atoms with Gasteiger partial charge in [0, 0.05) is 25.7 Å². The first kappa shape index (κ1) is 17.9. The molecule has 0 aromatic carbocycles. The van der Waals surface area contributed by atoms with Gasteiger partial charge in [0.2, 0.25) is 5.88 Å². The number of pyridine rings is 1. The van der Waals surface area contributed by atoms with E-state index in [0.29, 0.717) is 24.1 Å². The monoisotopic (exact) mass is 348 g/mol. The minimum Gasteiger partial charge on any atom is -0.495 e. The van der Waals surface area contributed by atoms with Crippen molar-refractivity contribution in [2.45, 2.75) is 25.8 Å². The number of carbonyl (C=O) groups is 1. The number of nitrogens with zero attached hydrogens (tertiary/aromatic N) is 3. The lowest BCUT2D eigenvalue weighted by molar-refractivity contribution is 0.0402. The van der Waals surface area contributed by atoms with E-state index in [-0.39, 0.29) is 12.1 Å². The number of piperidine rings is 1. The topological polar surface area (TPSA) is 66.9 Å². The third-order valence-electron chi connectivity index (χ3n) is 5.25. The van der Waals surface area contributed by atoms with Crippen molar-refractivity contribution in [3.63, 3.8) is 0 Å². The van der Waals surface area contributed by atoms with Gasteiger partial charge in [0.1, 0.15) is 5.75 Å². The standard InChI is InChI=1S/C18H28N4O3/c1-3-21-10-11-22(16(13-21)14-6-8-19-9-7-14)18(23)25-17-5-4-15(24-2)12-20-17/h4-5,12,14,16,19H,3,6-11,13H2,1-2H3. The van der Waals surface area contributed by atoms with E-state index in [2.05, 4.69) is 22.1 Å². The Morgan fingerprint density at radius 2 is 2.12 bits per heavy atom. The van der Waals surface area contributed by atoms with E-state index in [1.165, 1.54) is 0 Å². The second kappa shape index (κ2) is 8.49. The van der Waals surface area contributed by atoms with Crippen molar-refractivity contribution in [1.82, 2.24) is 20.1 Å². The summed E-state index contributed by atoms with van der Waals surface area (Å²) in [6.07, 6.45) is 3.47. The number of hydrogen-bond donors (Lipinski definition) is 1. The van der Waals surface area contributed by atoms with E-state index in [0.717, 1.165) is 45.6 Å². The van der Waals surface area contributed by atoms with Crippen LogP contribution in [0.5, 0.6) is 11.6 Å². The molecule has 1 aromatic rings. The number of likely N-dealkylation sites (N-methyl/N-ethyl adjacent to an activating group) is 1. The molecule has 0 saturated carbocycles. The minimum absolute atomic E-state index is 0.210. The van der Waals surface area contributed by atoms with Gasteiger partial charge in [-0.15, -0.1) is 0 Å². The molecule has 7 nitrogen and oxygen atoms in total. The first-order valence-corrected chi connectivity index (χ1v) is 9.12. The molecule has 0 spiro atoms. The molecular formula is C18H28N4O3. The molecule has 2 aliphatic rings. The summed E-state index contributed by atoms with van der Waals surface area (Å²) in [7, 11) is 1.58. The van der Waals surface area contributed by atoms with Crippen LogP contribution >= 0.6 is 0 Å². The summed E-state index contributed by atoms with van der Waals surface area (Å²) in [4.78, 5) is 21.2. The summed E-state index contributed by atoms with van der Waals surface area (Å²) in [5, 5.41) is 3.40. The van der Waals surface area contributed by atoms with Crippen molar-refractivity contribution >= 4 is 6.09 Å². The predicted molar refractivity (Wildman–Crippen MR) is 95.0 cm³/mol. The van der Waals surface area contributed by atoms with E-state index >= 15 is 0 Å². The van der Waals surface area contributed by atoms with Crippen molar-refractivity contribution in [1.29, 1.82) is 0 Å². The second-order valence-electron chi connectivity index (χ2n) is 6.65. The molecule has 0 aliphatic carbocycles. The molecule has 0 bridgehead atoms. The number of ether oxygens (including phenoxy) is 2. The molecule has 1 amide bonds. The summed E-state index contributed by atoms with van der Waals surface area (Å²) >= 11 is 0. The van der Waals surface area contributed by atoms with Gasteiger partial charge in [-0.05, 0) is 44.5 Å². The van der Waals surface area contributed by atoms with Crippen LogP contribution in [0.15, 0.2) is 18.3 Å². The lowest BCUT2D eigenvalue weighted by atomic mass is 9.88. The summed E-state index contributed by atoms with van der Waals surface area (Å²) in [6, 6.07) is 3.62. The van der Waals surface area contributed by atoms with Gasteiger partial charge >= 0.3 is 6.09 Å². The lowest BCUT2D eigenvalue weighted by Crippen LogP contribution is -2.59. The molecule has 1 unspecified atom stereocenters. The van der Waals surface area contributed by atoms with E-state index in [4.69, 9.17) is 9.47 Å². The molecule has 0 radical (unpaired) electrons. The van der Waals surface area contributed by atoms with Gasteiger partial charge in [0.05, 0.1) is 19.3 Å². The van der Waals surface area contributed by atoms with Gasteiger partial charge in [-0.3, -0.25) is 4.90 Å². The van der Waals surface area contributed by atoms with E-state index < -0.39 is 0 Å². The van der Waals surface area contributed by atoms with Gasteiger partial charge in [0.25, 0.3) is 0 Å². The Morgan fingerprint density at radius 1 is 1.32 bits per heavy atom. The maximum Gasteiger partial charge on any atom is 0.416 e. The highest BCUT2D eigenvalue weighted by Crippen LogP contribution is 2.25. The molecule has 1 N–H and O–H groups in total. The minimum atomic E-state index is -0.294. The van der Waals surface area contributed by atoms with Gasteiger partial charge in [0.15, 0.2) is 0 Å². The summed E-state index contributed by atoms with van der Waals surface area (Å²) in [5.41, 5.74) is 0. The average Bonchev–Trinajstić information content (AvgIpc) is 2.68. The number of amides is 1. The fourth-order valence-electron chi connectivity index (χ4n) is 3.71. The molecule has 2 aliphatic heterocycles. The molecule has 1 aromatic heterocycles. The van der Waals surface area contributed by atoms with Crippen LogP contribution in [0.4, 0.5) is 4.79 Å². The summed E-state index contributed by atoms with van der Waals surface area (Å²) < 4.78 is 10.6. The number of nitrogens with one attached hydrogen (secondary N) is 1. The van der Waals surface area contributed by atoms with Gasteiger partial charge in [-0.1, -0.05) is 6.92 Å². The zero-order valence-electron chi connectivity index (χ0n) is 15.1. The highest BCUT2D eigenvalue weighted by atomic mass is 16.6. The third-order valence-corrected chi connectivity index (χ3v) is 5.25. The quantitative estimate of drug-likeness (QED) is 0.891. The van der Waals surface area contributed by atoms with Crippen LogP contribution in [0.25, 0.3) is 0 Å². The molecule has 2 fully saturated rings. The Kier molecular flexibility index (Phi) is 6.09. The zero-order chi connectivity index (χ0) is 17.6. The highest BCUT2D eigenvalue weighted by molar-refractivity contribution is 5.71. The Balaban J connectivity index is 1.68. The van der Waals surface area contributed by atoms with Crippen molar-refractivity contribution in [2.24, 2.45) is 5.92 Å². The van der Waals surface area contributed by atoms with Crippen molar-refractivity contribution in [2.75, 3.05) is 46.4 Å². The Hall–Kier alpha value is -1.86. The zero-order valence-corrected chi connectivity index (χ0v) is 15.1. The molecule has 138 valence electrons. The molecule has 7 heteroatoms. The van der Waals surface area contributed by atoms with E-state index in [1.54, 1.807) is 25.4 Å². The Labute approximate surface area is 149 Å². The van der Waals surface area contributed by atoms with Crippen LogP contribution in [0, 0.1) is 5.92 Å². The average molecular weight is 348 g/mol. The SMILES string of the molecule is CCN1CCN(C(=O)Oc2ccc(OC)cn2)C(C2CCNCC2)C1. The van der Waals surface area contributed by atoms with Crippen LogP contribution in [0.3, 0.4) is 0 Å². The molecule has 25 heavy (non-hydrogen) atoms. The molecule has 3 rings (SSSR count). The first-order valence-electron chi connectivity index (χ1n) is 9.12. The van der Waals surface area contributed by atoms with Crippen LogP contribution in [0.2, 0.25) is 0 Å². The van der Waals surface area contributed by atoms with Crippen molar-refractivity contribution < 1.29 is 14.3 Å². The van der Waals surface area contributed by atoms with Gasteiger partial charge < -0.3 is 19.7 Å². The molecular weight excluding hydrogens is 320 g/mol. The third kappa shape index (κ3) is 4.41. The maximum atomic E-state index is 12.8. The molecule has 1 atom stereocenters. The lowest BCUT2D eigenvalue weighted by Gasteiger charge is -2.45. The number of hydrogen-bond acceptors (Lipinski definition) is 6. The highest BCUT2D eigenvalue weighted by Gasteiger charge is 2.36. The summed E-state index contributed by atoms with van der Waals surface area (Å²) in [5.74, 6) is 1.48.